The van der Waals surface area contributed by atoms with Crippen molar-refractivity contribution in [1.29, 1.82) is 0 Å². The number of fused-ring (bicyclic) bond motifs is 1. The first-order valence-corrected chi connectivity index (χ1v) is 12.1. The van der Waals surface area contributed by atoms with Crippen molar-refractivity contribution in [1.82, 2.24) is 14.8 Å². The monoisotopic (exact) mass is 494 g/mol. The Hall–Kier alpha value is -4.59. The summed E-state index contributed by atoms with van der Waals surface area (Å²) in [4.78, 5) is 18.1. The summed E-state index contributed by atoms with van der Waals surface area (Å²) in [5.41, 5.74) is 3.52. The van der Waals surface area contributed by atoms with Gasteiger partial charge in [-0.25, -0.2) is 4.68 Å². The van der Waals surface area contributed by atoms with Crippen LogP contribution in [0, 0.1) is 0 Å². The van der Waals surface area contributed by atoms with E-state index in [9.17, 15) is 4.79 Å². The molecule has 2 atom stereocenters. The van der Waals surface area contributed by atoms with Crippen LogP contribution >= 0.6 is 0 Å². The van der Waals surface area contributed by atoms with Crippen molar-refractivity contribution in [3.05, 3.63) is 102 Å². The first-order valence-electron chi connectivity index (χ1n) is 12.1. The fraction of sp³-hybridized carbons (Fsp3) is 0.207. The summed E-state index contributed by atoms with van der Waals surface area (Å²) >= 11 is 0. The van der Waals surface area contributed by atoms with Crippen LogP contribution in [-0.4, -0.2) is 34.8 Å². The van der Waals surface area contributed by atoms with Gasteiger partial charge in [0, 0.05) is 17.7 Å². The number of nitrogens with zero attached hydrogens (tertiary/aromatic N) is 3. The first kappa shape index (κ1) is 22.8. The molecule has 186 valence electrons. The van der Waals surface area contributed by atoms with E-state index in [4.69, 9.17) is 14.2 Å². The highest BCUT2D eigenvalue weighted by Crippen LogP contribution is 2.45. The standard InChI is InChI=1S/C29H26N4O4/c1-35-25-12-11-18(16-26(25)36-2)20-14-23-27(24(34)15-20)28(33-29(32-23)30-17-31-33)19-7-6-10-22(13-19)37-21-8-4-3-5-9-21/h3-13,16-17,20,28H,14-15H2,1-2H3,(H,30,31,32)/t20-,28-/m0/s1. The summed E-state index contributed by atoms with van der Waals surface area (Å²) in [6, 6.07) is 22.9. The lowest BCUT2D eigenvalue weighted by Gasteiger charge is -2.35. The number of aromatic nitrogens is 3. The molecule has 4 aromatic rings. The summed E-state index contributed by atoms with van der Waals surface area (Å²) < 4.78 is 18.7. The predicted octanol–water partition coefficient (Wildman–Crippen LogP) is 5.50. The van der Waals surface area contributed by atoms with E-state index in [1.165, 1.54) is 6.33 Å². The fourth-order valence-electron chi connectivity index (χ4n) is 5.18. The van der Waals surface area contributed by atoms with Crippen LogP contribution in [0.15, 0.2) is 90.4 Å². The van der Waals surface area contributed by atoms with Crippen LogP contribution in [0.2, 0.25) is 0 Å². The molecule has 8 nitrogen and oxygen atoms in total. The molecular formula is C29H26N4O4. The Labute approximate surface area is 214 Å². The van der Waals surface area contributed by atoms with Crippen molar-refractivity contribution in [2.45, 2.75) is 24.8 Å². The number of carbonyl (C=O) groups is 1. The highest BCUT2D eigenvalue weighted by atomic mass is 16.5. The minimum Gasteiger partial charge on any atom is -0.493 e. The lowest BCUT2D eigenvalue weighted by molar-refractivity contribution is -0.116. The Morgan fingerprint density at radius 1 is 0.865 bits per heavy atom. The Kier molecular flexibility index (Phi) is 5.84. The zero-order chi connectivity index (χ0) is 25.4. The number of methoxy groups -OCH3 is 2. The molecule has 1 N–H and O–H groups in total. The molecule has 0 bridgehead atoms. The van der Waals surface area contributed by atoms with Crippen molar-refractivity contribution < 1.29 is 19.0 Å². The van der Waals surface area contributed by atoms with Gasteiger partial charge in [0.2, 0.25) is 5.95 Å². The number of ether oxygens (including phenoxy) is 3. The molecule has 0 unspecified atom stereocenters. The van der Waals surface area contributed by atoms with Gasteiger partial charge in [-0.05, 0) is 59.9 Å². The molecule has 2 aliphatic rings. The third-order valence-electron chi connectivity index (χ3n) is 6.89. The van der Waals surface area contributed by atoms with E-state index in [1.807, 2.05) is 72.8 Å². The Balaban J connectivity index is 1.37. The second kappa shape index (κ2) is 9.46. The number of allylic oxidation sites excluding steroid dienone is 2. The maximum Gasteiger partial charge on any atom is 0.226 e. The molecule has 0 radical (unpaired) electrons. The highest BCUT2D eigenvalue weighted by molar-refractivity contribution is 6.00. The second-order valence-corrected chi connectivity index (χ2v) is 9.08. The van der Waals surface area contributed by atoms with E-state index >= 15 is 0 Å². The zero-order valence-corrected chi connectivity index (χ0v) is 20.5. The Morgan fingerprint density at radius 2 is 1.68 bits per heavy atom. The number of benzene rings is 3. The van der Waals surface area contributed by atoms with Gasteiger partial charge in [0.15, 0.2) is 17.3 Å². The predicted molar refractivity (Wildman–Crippen MR) is 138 cm³/mol. The molecular weight excluding hydrogens is 468 g/mol. The molecule has 0 spiro atoms. The van der Waals surface area contributed by atoms with Crippen LogP contribution in [0.4, 0.5) is 5.95 Å². The van der Waals surface area contributed by atoms with Crippen LogP contribution in [0.25, 0.3) is 0 Å². The summed E-state index contributed by atoms with van der Waals surface area (Å²) in [6.45, 7) is 0. The van der Waals surface area contributed by atoms with Gasteiger partial charge in [-0.2, -0.15) is 10.1 Å². The summed E-state index contributed by atoms with van der Waals surface area (Å²) in [5, 5.41) is 7.83. The van der Waals surface area contributed by atoms with E-state index in [-0.39, 0.29) is 11.7 Å². The number of rotatable bonds is 6. The van der Waals surface area contributed by atoms with Gasteiger partial charge in [0.05, 0.1) is 14.2 Å². The van der Waals surface area contributed by atoms with E-state index in [2.05, 4.69) is 15.4 Å². The number of hydrogen-bond donors (Lipinski definition) is 1. The van der Waals surface area contributed by atoms with Gasteiger partial charge >= 0.3 is 0 Å². The summed E-state index contributed by atoms with van der Waals surface area (Å²) in [5.74, 6) is 3.44. The van der Waals surface area contributed by atoms with Gasteiger partial charge in [0.1, 0.15) is 23.9 Å². The Bertz CT molecular complexity index is 1490. The third kappa shape index (κ3) is 4.20. The summed E-state index contributed by atoms with van der Waals surface area (Å²) in [6.07, 6.45) is 2.56. The fourth-order valence-corrected chi connectivity index (χ4v) is 5.18. The average Bonchev–Trinajstić information content (AvgIpc) is 3.40. The van der Waals surface area contributed by atoms with Gasteiger partial charge < -0.3 is 19.5 Å². The van der Waals surface area contributed by atoms with Gasteiger partial charge in [-0.3, -0.25) is 4.79 Å². The maximum atomic E-state index is 13.7. The highest BCUT2D eigenvalue weighted by Gasteiger charge is 2.39. The van der Waals surface area contributed by atoms with Crippen molar-refractivity contribution in [2.75, 3.05) is 19.5 Å². The summed E-state index contributed by atoms with van der Waals surface area (Å²) in [7, 11) is 3.23. The first-order chi connectivity index (χ1) is 18.1. The molecule has 1 aliphatic heterocycles. The molecule has 2 heterocycles. The molecule has 1 aliphatic carbocycles. The van der Waals surface area contributed by atoms with E-state index in [1.54, 1.807) is 18.9 Å². The molecule has 0 fully saturated rings. The number of anilines is 1. The second-order valence-electron chi connectivity index (χ2n) is 9.08. The van der Waals surface area contributed by atoms with Crippen LogP contribution in [0.5, 0.6) is 23.0 Å². The molecule has 6 rings (SSSR count). The van der Waals surface area contributed by atoms with Crippen LogP contribution in [-0.2, 0) is 4.79 Å². The molecule has 3 aromatic carbocycles. The number of Topliss-reactive ketones (excluding diaryl/α,β-unsaturated/α-hetero) is 1. The minimum atomic E-state index is -0.396. The largest absolute Gasteiger partial charge is 0.493 e. The topological polar surface area (TPSA) is 87.5 Å². The average molecular weight is 495 g/mol. The molecule has 0 saturated carbocycles. The van der Waals surface area contributed by atoms with Crippen LogP contribution in [0.1, 0.15) is 35.9 Å². The van der Waals surface area contributed by atoms with E-state index in [0.717, 1.165) is 22.6 Å². The minimum absolute atomic E-state index is 0.00132. The number of nitrogens with one attached hydrogen (secondary N) is 1. The molecule has 0 amide bonds. The van der Waals surface area contributed by atoms with E-state index in [0.29, 0.717) is 41.6 Å². The van der Waals surface area contributed by atoms with Crippen molar-refractivity contribution in [2.24, 2.45) is 0 Å². The van der Waals surface area contributed by atoms with Crippen LogP contribution in [0.3, 0.4) is 0 Å². The lowest BCUT2D eigenvalue weighted by Crippen LogP contribution is -2.33. The quantitative estimate of drug-likeness (QED) is 0.379. The SMILES string of the molecule is COc1ccc([C@@H]2CC(=O)C3=C(C2)Nc2ncnn2[C@H]3c2cccc(Oc3ccccc3)c2)cc1OC. The normalized spacial score (nSPS) is 18.5. The number of hydrogen-bond acceptors (Lipinski definition) is 7. The number of ketones is 1. The molecule has 1 aromatic heterocycles. The zero-order valence-electron chi connectivity index (χ0n) is 20.5. The Morgan fingerprint density at radius 3 is 2.49 bits per heavy atom. The van der Waals surface area contributed by atoms with E-state index < -0.39 is 6.04 Å². The molecule has 0 saturated heterocycles. The number of para-hydroxylation sites is 1. The lowest BCUT2D eigenvalue weighted by atomic mass is 9.78. The molecule has 8 heteroatoms. The smallest absolute Gasteiger partial charge is 0.226 e. The maximum absolute atomic E-state index is 13.7. The van der Waals surface area contributed by atoms with Crippen molar-refractivity contribution in [3.8, 4) is 23.0 Å². The van der Waals surface area contributed by atoms with Crippen molar-refractivity contribution >= 4 is 11.7 Å². The van der Waals surface area contributed by atoms with Gasteiger partial charge in [0.25, 0.3) is 0 Å². The van der Waals surface area contributed by atoms with Gasteiger partial charge in [-0.15, -0.1) is 0 Å². The van der Waals surface area contributed by atoms with Crippen LogP contribution < -0.4 is 19.5 Å². The van der Waals surface area contributed by atoms with Crippen molar-refractivity contribution in [3.63, 3.8) is 0 Å². The number of carbonyl (C=O) groups excluding carboxylic acids is 1. The third-order valence-corrected chi connectivity index (χ3v) is 6.89. The van der Waals surface area contributed by atoms with Gasteiger partial charge in [-0.1, -0.05) is 36.4 Å². The molecule has 37 heavy (non-hydrogen) atoms.